The molecule has 4 heteroatoms. The molecule has 1 aromatic carbocycles. The normalized spacial score (nSPS) is 19.8. The van der Waals surface area contributed by atoms with E-state index in [4.69, 9.17) is 9.47 Å². The summed E-state index contributed by atoms with van der Waals surface area (Å²) in [5.41, 5.74) is 1.30. The Balaban J connectivity index is 1.55. The Morgan fingerprint density at radius 2 is 1.74 bits per heavy atom. The van der Waals surface area contributed by atoms with Crippen molar-refractivity contribution in [3.63, 3.8) is 0 Å². The Morgan fingerprint density at radius 1 is 1.00 bits per heavy atom. The summed E-state index contributed by atoms with van der Waals surface area (Å²) in [6.07, 6.45) is 1.00. The molecule has 4 nitrogen and oxygen atoms in total. The lowest BCUT2D eigenvalue weighted by atomic mass is 10.1. The van der Waals surface area contributed by atoms with Gasteiger partial charge in [-0.15, -0.1) is 0 Å². The zero-order valence-corrected chi connectivity index (χ0v) is 11.3. The molecule has 19 heavy (non-hydrogen) atoms. The van der Waals surface area contributed by atoms with Crippen LogP contribution in [-0.4, -0.2) is 49.3 Å². The van der Waals surface area contributed by atoms with Gasteiger partial charge in [0.1, 0.15) is 0 Å². The monoisotopic (exact) mass is 261 g/mol. The summed E-state index contributed by atoms with van der Waals surface area (Å²) in [5, 5.41) is 0. The molecule has 103 valence electrons. The number of hydrogen-bond donors (Lipinski definition) is 0. The van der Waals surface area contributed by atoms with Gasteiger partial charge in [-0.1, -0.05) is 13.0 Å². The first-order chi connectivity index (χ1) is 9.35. The molecule has 0 aliphatic carbocycles. The summed E-state index contributed by atoms with van der Waals surface area (Å²) < 4.78 is 10.8. The fourth-order valence-electron chi connectivity index (χ4n) is 2.69. The minimum atomic E-state index is 0.350. The molecule has 0 N–H and O–H groups in total. The molecule has 1 fully saturated rings. The number of hydrogen-bond acceptors (Lipinski definition) is 4. The van der Waals surface area contributed by atoms with E-state index in [1.165, 1.54) is 5.56 Å². The van der Waals surface area contributed by atoms with E-state index in [-0.39, 0.29) is 0 Å². The van der Waals surface area contributed by atoms with Gasteiger partial charge in [0.2, 0.25) is 6.79 Å². The van der Waals surface area contributed by atoms with E-state index in [2.05, 4.69) is 28.9 Å². The zero-order chi connectivity index (χ0) is 13.1. The van der Waals surface area contributed by atoms with Crippen molar-refractivity contribution in [2.75, 3.05) is 39.5 Å². The van der Waals surface area contributed by atoms with E-state index in [1.807, 2.05) is 6.07 Å². The summed E-state index contributed by atoms with van der Waals surface area (Å²) in [5.74, 6) is 1.75. The first-order valence-electron chi connectivity index (χ1n) is 6.97. The van der Waals surface area contributed by atoms with E-state index < -0.39 is 0 Å². The molecule has 0 amide bonds. The third-order valence-electron chi connectivity index (χ3n) is 3.78. The molecule has 2 heterocycles. The fraction of sp³-hybridized carbons (Fsp3) is 0.533. The number of benzene rings is 1. The molecule has 0 bridgehead atoms. The molecule has 0 unspecified atom stereocenters. The lowest BCUT2D eigenvalue weighted by molar-refractivity contribution is 0.128. The standard InChI is InChI=1S/C15H21N2O2/c1-2-5-16-6-8-17(9-7-16)11-13-3-4-14-15(10-13)19-12-18-14/h3-4,10H,1-2,5-9,11-12H2. The lowest BCUT2D eigenvalue weighted by Crippen LogP contribution is -2.45. The molecular weight excluding hydrogens is 240 g/mol. The third kappa shape index (κ3) is 3.01. The van der Waals surface area contributed by atoms with Gasteiger partial charge in [0.05, 0.1) is 0 Å². The molecule has 0 spiro atoms. The van der Waals surface area contributed by atoms with Crippen LogP contribution in [0.1, 0.15) is 12.0 Å². The molecule has 2 aliphatic rings. The van der Waals surface area contributed by atoms with E-state index in [0.717, 1.165) is 57.2 Å². The van der Waals surface area contributed by atoms with Crippen molar-refractivity contribution in [3.8, 4) is 11.5 Å². The van der Waals surface area contributed by atoms with Gasteiger partial charge in [-0.25, -0.2) is 0 Å². The topological polar surface area (TPSA) is 24.9 Å². The van der Waals surface area contributed by atoms with Crippen molar-refractivity contribution in [3.05, 3.63) is 30.7 Å². The predicted octanol–water partition coefficient (Wildman–Crippen LogP) is 1.76. The largest absolute Gasteiger partial charge is 0.454 e. The average molecular weight is 261 g/mol. The van der Waals surface area contributed by atoms with Crippen LogP contribution in [0.15, 0.2) is 18.2 Å². The second kappa shape index (κ2) is 5.80. The highest BCUT2D eigenvalue weighted by Crippen LogP contribution is 2.32. The quantitative estimate of drug-likeness (QED) is 0.824. The first kappa shape index (κ1) is 12.8. The Hall–Kier alpha value is -1.26. The van der Waals surface area contributed by atoms with Gasteiger partial charge in [-0.05, 0) is 30.7 Å². The van der Waals surface area contributed by atoms with Gasteiger partial charge in [-0.2, -0.15) is 0 Å². The summed E-state index contributed by atoms with van der Waals surface area (Å²) in [6.45, 7) is 11.0. The van der Waals surface area contributed by atoms with Crippen molar-refractivity contribution >= 4 is 0 Å². The van der Waals surface area contributed by atoms with Crippen LogP contribution >= 0.6 is 0 Å². The van der Waals surface area contributed by atoms with Crippen molar-refractivity contribution < 1.29 is 9.47 Å². The van der Waals surface area contributed by atoms with Crippen molar-refractivity contribution in [2.45, 2.75) is 13.0 Å². The number of piperazine rings is 1. The third-order valence-corrected chi connectivity index (χ3v) is 3.78. The summed E-state index contributed by atoms with van der Waals surface area (Å²) in [4.78, 5) is 4.99. The predicted molar refractivity (Wildman–Crippen MR) is 74.3 cm³/mol. The van der Waals surface area contributed by atoms with Crippen LogP contribution in [0.4, 0.5) is 0 Å². The van der Waals surface area contributed by atoms with Crippen molar-refractivity contribution in [1.82, 2.24) is 9.80 Å². The van der Waals surface area contributed by atoms with Crippen LogP contribution in [0.25, 0.3) is 0 Å². The maximum Gasteiger partial charge on any atom is 0.231 e. The number of nitrogens with zero attached hydrogens (tertiary/aromatic N) is 2. The Morgan fingerprint density at radius 3 is 2.53 bits per heavy atom. The fourth-order valence-corrected chi connectivity index (χ4v) is 2.69. The van der Waals surface area contributed by atoms with Gasteiger partial charge in [-0.3, -0.25) is 4.90 Å². The molecule has 1 aromatic rings. The van der Waals surface area contributed by atoms with Gasteiger partial charge >= 0.3 is 0 Å². The highest BCUT2D eigenvalue weighted by molar-refractivity contribution is 5.44. The van der Waals surface area contributed by atoms with E-state index in [1.54, 1.807) is 0 Å². The SMILES string of the molecule is [CH2]CCN1CCN(Cc2ccc3c(c2)OCO3)CC1. The molecule has 1 radical (unpaired) electrons. The van der Waals surface area contributed by atoms with Gasteiger partial charge in [0, 0.05) is 32.7 Å². The molecule has 3 rings (SSSR count). The highest BCUT2D eigenvalue weighted by Gasteiger charge is 2.18. The van der Waals surface area contributed by atoms with Crippen LogP contribution in [0.5, 0.6) is 11.5 Å². The van der Waals surface area contributed by atoms with E-state index >= 15 is 0 Å². The summed E-state index contributed by atoms with van der Waals surface area (Å²) in [7, 11) is 0. The number of ether oxygens (including phenoxy) is 2. The number of fused-ring (bicyclic) bond motifs is 1. The zero-order valence-electron chi connectivity index (χ0n) is 11.3. The smallest absolute Gasteiger partial charge is 0.231 e. The maximum atomic E-state index is 5.42. The molecule has 0 atom stereocenters. The summed E-state index contributed by atoms with van der Waals surface area (Å²) >= 11 is 0. The van der Waals surface area contributed by atoms with Crippen LogP contribution in [0.3, 0.4) is 0 Å². The Kier molecular flexibility index (Phi) is 3.89. The minimum Gasteiger partial charge on any atom is -0.454 e. The van der Waals surface area contributed by atoms with Gasteiger partial charge in [0.25, 0.3) is 0 Å². The lowest BCUT2D eigenvalue weighted by Gasteiger charge is -2.34. The van der Waals surface area contributed by atoms with Crippen LogP contribution in [0.2, 0.25) is 0 Å². The molecule has 2 aliphatic heterocycles. The summed E-state index contributed by atoms with van der Waals surface area (Å²) in [6, 6.07) is 6.25. The van der Waals surface area contributed by atoms with E-state index in [9.17, 15) is 0 Å². The molecule has 0 saturated carbocycles. The molecule has 0 aromatic heterocycles. The molecule has 1 saturated heterocycles. The Bertz CT molecular complexity index is 428. The van der Waals surface area contributed by atoms with Crippen LogP contribution in [-0.2, 0) is 6.54 Å². The number of rotatable bonds is 4. The molecular formula is C15H21N2O2. The van der Waals surface area contributed by atoms with Gasteiger partial charge < -0.3 is 14.4 Å². The van der Waals surface area contributed by atoms with Crippen LogP contribution in [0, 0.1) is 6.92 Å². The van der Waals surface area contributed by atoms with Crippen LogP contribution < -0.4 is 9.47 Å². The highest BCUT2D eigenvalue weighted by atomic mass is 16.7. The minimum absolute atomic E-state index is 0.350. The second-order valence-electron chi connectivity index (χ2n) is 5.16. The first-order valence-corrected chi connectivity index (χ1v) is 6.97. The van der Waals surface area contributed by atoms with Crippen molar-refractivity contribution in [2.24, 2.45) is 0 Å². The Labute approximate surface area is 114 Å². The maximum absolute atomic E-state index is 5.42. The van der Waals surface area contributed by atoms with Crippen molar-refractivity contribution in [1.29, 1.82) is 0 Å². The van der Waals surface area contributed by atoms with Gasteiger partial charge in [0.15, 0.2) is 11.5 Å². The van der Waals surface area contributed by atoms with E-state index in [0.29, 0.717) is 6.79 Å². The second-order valence-corrected chi connectivity index (χ2v) is 5.16. The average Bonchev–Trinajstić information content (AvgIpc) is 2.89.